The molecule has 4 heteroatoms. The Balaban J connectivity index is 1.70. The molecule has 0 unspecified atom stereocenters. The van der Waals surface area contributed by atoms with Gasteiger partial charge in [-0.1, -0.05) is 36.4 Å². The minimum Gasteiger partial charge on any atom is -0.366 e. The van der Waals surface area contributed by atoms with Gasteiger partial charge in [-0.15, -0.1) is 0 Å². The molecule has 0 spiro atoms. The molecule has 1 amide bonds. The fraction of sp³-hybridized carbons (Fsp3) is 0.217. The molecule has 138 valence electrons. The van der Waals surface area contributed by atoms with Crippen molar-refractivity contribution in [3.8, 4) is 0 Å². The van der Waals surface area contributed by atoms with Gasteiger partial charge in [-0.25, -0.2) is 4.98 Å². The van der Waals surface area contributed by atoms with Crippen molar-refractivity contribution in [2.75, 3.05) is 16.8 Å². The smallest absolute Gasteiger partial charge is 0.274 e. The number of anilines is 2. The van der Waals surface area contributed by atoms with Crippen molar-refractivity contribution in [3.63, 3.8) is 0 Å². The fourth-order valence-electron chi connectivity index (χ4n) is 3.14. The van der Waals surface area contributed by atoms with Gasteiger partial charge in [0.05, 0.1) is 11.9 Å². The molecule has 0 atom stereocenters. The van der Waals surface area contributed by atoms with Gasteiger partial charge in [0.2, 0.25) is 0 Å². The van der Waals surface area contributed by atoms with E-state index in [4.69, 9.17) is 0 Å². The first-order chi connectivity index (χ1) is 13.0. The third kappa shape index (κ3) is 4.94. The highest BCUT2D eigenvalue weighted by molar-refractivity contribution is 6.03. The Kier molecular flexibility index (Phi) is 5.87. The van der Waals surface area contributed by atoms with E-state index in [1.165, 1.54) is 5.56 Å². The highest BCUT2D eigenvalue weighted by Crippen LogP contribution is 2.18. The van der Waals surface area contributed by atoms with Crippen LogP contribution >= 0.6 is 0 Å². The number of pyridine rings is 1. The van der Waals surface area contributed by atoms with Gasteiger partial charge in [-0.05, 0) is 61.7 Å². The number of carbonyl (C=O) groups is 1. The summed E-state index contributed by atoms with van der Waals surface area (Å²) in [5, 5.41) is 2.93. The Morgan fingerprint density at radius 3 is 2.30 bits per heavy atom. The molecule has 0 radical (unpaired) electrons. The summed E-state index contributed by atoms with van der Waals surface area (Å²) in [4.78, 5) is 19.1. The Hall–Kier alpha value is -3.14. The molecule has 1 heterocycles. The van der Waals surface area contributed by atoms with E-state index in [0.29, 0.717) is 5.69 Å². The zero-order chi connectivity index (χ0) is 19.2. The molecule has 0 saturated carbocycles. The zero-order valence-electron chi connectivity index (χ0n) is 16.1. The van der Waals surface area contributed by atoms with Gasteiger partial charge in [-0.3, -0.25) is 4.79 Å². The lowest BCUT2D eigenvalue weighted by Crippen LogP contribution is -2.22. The Labute approximate surface area is 160 Å². The maximum Gasteiger partial charge on any atom is 0.274 e. The third-order valence-electron chi connectivity index (χ3n) is 4.42. The zero-order valence-corrected chi connectivity index (χ0v) is 16.1. The minimum atomic E-state index is -0.197. The number of aryl methyl sites for hydroxylation is 2. The molecule has 0 saturated heterocycles. The lowest BCUT2D eigenvalue weighted by molar-refractivity contribution is 0.102. The van der Waals surface area contributed by atoms with Crippen LogP contribution in [0.15, 0.2) is 66.9 Å². The van der Waals surface area contributed by atoms with Gasteiger partial charge >= 0.3 is 0 Å². The maximum absolute atomic E-state index is 12.5. The topological polar surface area (TPSA) is 45.2 Å². The first-order valence-corrected chi connectivity index (χ1v) is 9.19. The average Bonchev–Trinajstić information content (AvgIpc) is 2.66. The number of amides is 1. The van der Waals surface area contributed by atoms with Crippen molar-refractivity contribution in [1.82, 2.24) is 4.98 Å². The quantitative estimate of drug-likeness (QED) is 0.675. The minimum absolute atomic E-state index is 0.197. The number of nitrogens with one attached hydrogen (secondary N) is 1. The van der Waals surface area contributed by atoms with Crippen molar-refractivity contribution in [2.24, 2.45) is 0 Å². The van der Waals surface area contributed by atoms with Gasteiger partial charge in [0.15, 0.2) is 0 Å². The van der Waals surface area contributed by atoms with Crippen molar-refractivity contribution >= 4 is 17.3 Å². The third-order valence-corrected chi connectivity index (χ3v) is 4.42. The predicted octanol–water partition coefficient (Wildman–Crippen LogP) is 4.98. The van der Waals surface area contributed by atoms with Crippen LogP contribution < -0.4 is 10.2 Å². The molecule has 1 N–H and O–H groups in total. The summed E-state index contributed by atoms with van der Waals surface area (Å²) in [5.74, 6) is -0.197. The summed E-state index contributed by atoms with van der Waals surface area (Å²) in [5.41, 5.74) is 5.69. The first kappa shape index (κ1) is 18.6. The van der Waals surface area contributed by atoms with Gasteiger partial charge in [0, 0.05) is 18.8 Å². The van der Waals surface area contributed by atoms with Crippen molar-refractivity contribution in [2.45, 2.75) is 27.3 Å². The highest BCUT2D eigenvalue weighted by atomic mass is 16.1. The number of benzene rings is 2. The van der Waals surface area contributed by atoms with Crippen LogP contribution in [0.5, 0.6) is 0 Å². The number of hydrogen-bond acceptors (Lipinski definition) is 3. The van der Waals surface area contributed by atoms with Crippen LogP contribution in [0.25, 0.3) is 0 Å². The Morgan fingerprint density at radius 1 is 1.00 bits per heavy atom. The summed E-state index contributed by atoms with van der Waals surface area (Å²) in [6.07, 6.45) is 1.77. The van der Waals surface area contributed by atoms with E-state index in [1.807, 2.05) is 50.2 Å². The number of hydrogen-bond donors (Lipinski definition) is 1. The van der Waals surface area contributed by atoms with Crippen LogP contribution in [0.4, 0.5) is 11.4 Å². The van der Waals surface area contributed by atoms with Crippen LogP contribution in [0, 0.1) is 13.8 Å². The van der Waals surface area contributed by atoms with E-state index >= 15 is 0 Å². The Morgan fingerprint density at radius 2 is 1.70 bits per heavy atom. The molecule has 2 aromatic carbocycles. The van der Waals surface area contributed by atoms with E-state index < -0.39 is 0 Å². The summed E-state index contributed by atoms with van der Waals surface area (Å²) in [6, 6.07) is 20.1. The summed E-state index contributed by atoms with van der Waals surface area (Å²) in [6.45, 7) is 7.82. The van der Waals surface area contributed by atoms with E-state index in [2.05, 4.69) is 40.3 Å². The normalized spacial score (nSPS) is 10.5. The molecular formula is C23H25N3O. The molecule has 4 nitrogen and oxygen atoms in total. The van der Waals surface area contributed by atoms with E-state index in [0.717, 1.165) is 35.6 Å². The summed E-state index contributed by atoms with van der Waals surface area (Å²) in [7, 11) is 0. The fourth-order valence-corrected chi connectivity index (χ4v) is 3.14. The predicted molar refractivity (Wildman–Crippen MR) is 111 cm³/mol. The van der Waals surface area contributed by atoms with Gasteiger partial charge < -0.3 is 10.2 Å². The second-order valence-corrected chi connectivity index (χ2v) is 6.73. The summed E-state index contributed by atoms with van der Waals surface area (Å²) >= 11 is 0. The van der Waals surface area contributed by atoms with Crippen molar-refractivity contribution in [3.05, 3.63) is 89.2 Å². The molecule has 0 aliphatic heterocycles. The van der Waals surface area contributed by atoms with Crippen molar-refractivity contribution < 1.29 is 4.79 Å². The molecule has 0 aliphatic carbocycles. The van der Waals surface area contributed by atoms with Crippen LogP contribution in [-0.4, -0.2) is 17.4 Å². The van der Waals surface area contributed by atoms with Crippen molar-refractivity contribution in [1.29, 1.82) is 0 Å². The van der Waals surface area contributed by atoms with E-state index in [1.54, 1.807) is 12.3 Å². The lowest BCUT2D eigenvalue weighted by atomic mass is 10.1. The maximum atomic E-state index is 12.5. The number of nitrogens with zero attached hydrogens (tertiary/aromatic N) is 2. The number of rotatable bonds is 6. The highest BCUT2D eigenvalue weighted by Gasteiger charge is 2.11. The summed E-state index contributed by atoms with van der Waals surface area (Å²) < 4.78 is 0. The molecule has 0 fully saturated rings. The molecule has 1 aromatic heterocycles. The second-order valence-electron chi connectivity index (χ2n) is 6.73. The molecular weight excluding hydrogens is 334 g/mol. The molecule has 0 bridgehead atoms. The van der Waals surface area contributed by atoms with Crippen LogP contribution in [0.2, 0.25) is 0 Å². The monoisotopic (exact) mass is 359 g/mol. The molecule has 3 aromatic rings. The SMILES string of the molecule is CCN(Cc1ccccc1)c1ccc(C(=O)Nc2cc(C)cc(C)c2)nc1. The Bertz CT molecular complexity index is 884. The standard InChI is InChI=1S/C23H25N3O/c1-4-26(16-19-8-6-5-7-9-19)21-10-11-22(24-15-21)23(27)25-20-13-17(2)12-18(3)14-20/h5-15H,4,16H2,1-3H3,(H,25,27). The molecule has 27 heavy (non-hydrogen) atoms. The number of aromatic nitrogens is 1. The average molecular weight is 359 g/mol. The second kappa shape index (κ2) is 8.49. The van der Waals surface area contributed by atoms with E-state index in [9.17, 15) is 4.79 Å². The van der Waals surface area contributed by atoms with E-state index in [-0.39, 0.29) is 5.91 Å². The van der Waals surface area contributed by atoms with Gasteiger partial charge in [0.25, 0.3) is 5.91 Å². The first-order valence-electron chi connectivity index (χ1n) is 9.19. The van der Waals surface area contributed by atoms with Gasteiger partial charge in [-0.2, -0.15) is 0 Å². The van der Waals surface area contributed by atoms with Crippen LogP contribution in [-0.2, 0) is 6.54 Å². The lowest BCUT2D eigenvalue weighted by Gasteiger charge is -2.23. The molecule has 0 aliphatic rings. The van der Waals surface area contributed by atoms with Crippen LogP contribution in [0.3, 0.4) is 0 Å². The largest absolute Gasteiger partial charge is 0.366 e. The molecule has 3 rings (SSSR count). The van der Waals surface area contributed by atoms with Gasteiger partial charge in [0.1, 0.15) is 5.69 Å². The number of carbonyl (C=O) groups excluding carboxylic acids is 1. The van der Waals surface area contributed by atoms with Crippen LogP contribution in [0.1, 0.15) is 34.1 Å².